The number of aromatic nitrogens is 1. The van der Waals surface area contributed by atoms with Gasteiger partial charge in [-0.25, -0.2) is 13.4 Å². The minimum Gasteiger partial charge on any atom is -0.497 e. The standard InChI is InChI=1S/C22H22Cl2N2O3S2/c1-29-17-4-2-15(3-5-17)12-16-14-30-22(25-16)26-10-8-18(9-11-26)31(27,28)19-6-7-20(23)21(24)13-19/h2-7,13-14,18H,8-12H2,1H3. The van der Waals surface area contributed by atoms with Crippen LogP contribution in [0, 0.1) is 0 Å². The molecule has 0 N–H and O–H groups in total. The molecule has 1 aliphatic heterocycles. The summed E-state index contributed by atoms with van der Waals surface area (Å²) < 4.78 is 31.2. The SMILES string of the molecule is COc1ccc(Cc2csc(N3CCC(S(=O)(=O)c4ccc(Cl)c(Cl)c4)CC3)n2)cc1. The Hall–Kier alpha value is -1.80. The number of nitrogens with zero attached hydrogens (tertiary/aromatic N) is 2. The van der Waals surface area contributed by atoms with Crippen molar-refractivity contribution in [1.82, 2.24) is 4.98 Å². The van der Waals surface area contributed by atoms with Crippen molar-refractivity contribution in [3.63, 3.8) is 0 Å². The summed E-state index contributed by atoms with van der Waals surface area (Å²) in [6, 6.07) is 12.5. The van der Waals surface area contributed by atoms with Gasteiger partial charge in [-0.3, -0.25) is 0 Å². The molecule has 0 unspecified atom stereocenters. The number of methoxy groups -OCH3 is 1. The fourth-order valence-corrected chi connectivity index (χ4v) is 6.68. The van der Waals surface area contributed by atoms with Crippen molar-refractivity contribution in [2.24, 2.45) is 0 Å². The van der Waals surface area contributed by atoms with Crippen molar-refractivity contribution in [3.8, 4) is 5.75 Å². The summed E-state index contributed by atoms with van der Waals surface area (Å²) in [5.41, 5.74) is 2.18. The Labute approximate surface area is 196 Å². The Bertz CT molecular complexity index is 1160. The van der Waals surface area contributed by atoms with E-state index in [0.29, 0.717) is 31.0 Å². The molecule has 0 radical (unpaired) electrons. The van der Waals surface area contributed by atoms with Gasteiger partial charge >= 0.3 is 0 Å². The van der Waals surface area contributed by atoms with E-state index < -0.39 is 15.1 Å². The Morgan fingerprint density at radius 1 is 1.10 bits per heavy atom. The summed E-state index contributed by atoms with van der Waals surface area (Å²) in [7, 11) is -1.79. The number of halogens is 2. The molecule has 31 heavy (non-hydrogen) atoms. The third-order valence-electron chi connectivity index (χ3n) is 5.45. The zero-order valence-corrected chi connectivity index (χ0v) is 20.1. The van der Waals surface area contributed by atoms with Crippen molar-refractivity contribution in [1.29, 1.82) is 0 Å². The molecule has 3 aromatic rings. The van der Waals surface area contributed by atoms with Gasteiger partial charge < -0.3 is 9.64 Å². The van der Waals surface area contributed by atoms with E-state index in [2.05, 4.69) is 10.3 Å². The Balaban J connectivity index is 1.39. The van der Waals surface area contributed by atoms with Gasteiger partial charge in [0.05, 0.1) is 33.0 Å². The monoisotopic (exact) mass is 496 g/mol. The van der Waals surface area contributed by atoms with Crippen LogP contribution in [0.4, 0.5) is 5.13 Å². The van der Waals surface area contributed by atoms with Crippen molar-refractivity contribution in [3.05, 3.63) is 69.1 Å². The summed E-state index contributed by atoms with van der Waals surface area (Å²) in [5, 5.41) is 3.18. The molecule has 2 aromatic carbocycles. The molecular weight excluding hydrogens is 475 g/mol. The molecule has 0 spiro atoms. The first-order valence-electron chi connectivity index (χ1n) is 9.88. The first kappa shape index (κ1) is 22.4. The van der Waals surface area contributed by atoms with Gasteiger partial charge in [0.2, 0.25) is 0 Å². The second kappa shape index (κ2) is 9.36. The fraction of sp³-hybridized carbons (Fsp3) is 0.318. The van der Waals surface area contributed by atoms with Crippen LogP contribution in [-0.4, -0.2) is 38.9 Å². The van der Waals surface area contributed by atoms with Crippen LogP contribution >= 0.6 is 34.5 Å². The molecule has 164 valence electrons. The summed E-state index contributed by atoms with van der Waals surface area (Å²) >= 11 is 13.5. The third-order valence-corrected chi connectivity index (χ3v) is 9.40. The highest BCUT2D eigenvalue weighted by Gasteiger charge is 2.32. The number of anilines is 1. The molecule has 1 aliphatic rings. The molecule has 0 aliphatic carbocycles. The van der Waals surface area contributed by atoms with Gasteiger partial charge in [0.25, 0.3) is 0 Å². The summed E-state index contributed by atoms with van der Waals surface area (Å²) in [4.78, 5) is 7.17. The maximum absolute atomic E-state index is 13.0. The van der Waals surface area contributed by atoms with Gasteiger partial charge in [0.15, 0.2) is 15.0 Å². The summed E-state index contributed by atoms with van der Waals surface area (Å²) in [5.74, 6) is 0.835. The molecule has 0 bridgehead atoms. The van der Waals surface area contributed by atoms with Gasteiger partial charge in [-0.2, -0.15) is 0 Å². The highest BCUT2D eigenvalue weighted by molar-refractivity contribution is 7.92. The molecule has 1 fully saturated rings. The highest BCUT2D eigenvalue weighted by atomic mass is 35.5. The Morgan fingerprint density at radius 2 is 1.81 bits per heavy atom. The molecular formula is C22H22Cl2N2O3S2. The molecule has 2 heterocycles. The van der Waals surface area contributed by atoms with E-state index in [1.54, 1.807) is 18.4 Å². The van der Waals surface area contributed by atoms with E-state index in [4.69, 9.17) is 32.9 Å². The van der Waals surface area contributed by atoms with Crippen LogP contribution in [0.1, 0.15) is 24.1 Å². The van der Waals surface area contributed by atoms with Crippen LogP contribution < -0.4 is 9.64 Å². The Kier molecular flexibility index (Phi) is 6.77. The molecule has 1 aromatic heterocycles. The van der Waals surface area contributed by atoms with E-state index >= 15 is 0 Å². The zero-order chi connectivity index (χ0) is 22.0. The van der Waals surface area contributed by atoms with Crippen LogP contribution in [-0.2, 0) is 16.3 Å². The first-order chi connectivity index (χ1) is 14.9. The number of thiazole rings is 1. The molecule has 1 saturated heterocycles. The number of piperidine rings is 1. The number of hydrogen-bond donors (Lipinski definition) is 0. The average molecular weight is 497 g/mol. The number of benzene rings is 2. The van der Waals surface area contributed by atoms with E-state index in [-0.39, 0.29) is 9.92 Å². The van der Waals surface area contributed by atoms with Gasteiger partial charge in [0.1, 0.15) is 5.75 Å². The number of sulfone groups is 1. The van der Waals surface area contributed by atoms with Crippen LogP contribution in [0.5, 0.6) is 5.75 Å². The number of ether oxygens (including phenoxy) is 1. The predicted molar refractivity (Wildman–Crippen MR) is 127 cm³/mol. The van der Waals surface area contributed by atoms with Crippen LogP contribution in [0.15, 0.2) is 52.7 Å². The molecule has 0 saturated carbocycles. The smallest absolute Gasteiger partial charge is 0.185 e. The molecule has 0 atom stereocenters. The van der Waals surface area contributed by atoms with E-state index in [1.165, 1.54) is 23.8 Å². The summed E-state index contributed by atoms with van der Waals surface area (Å²) in [6.07, 6.45) is 1.86. The van der Waals surface area contributed by atoms with Crippen molar-refractivity contribution >= 4 is 49.5 Å². The first-order valence-corrected chi connectivity index (χ1v) is 13.1. The van der Waals surface area contributed by atoms with Gasteiger partial charge in [0, 0.05) is 24.9 Å². The molecule has 4 rings (SSSR count). The molecule has 5 nitrogen and oxygen atoms in total. The van der Waals surface area contributed by atoms with Crippen molar-refractivity contribution < 1.29 is 13.2 Å². The molecule has 0 amide bonds. The Morgan fingerprint density at radius 3 is 2.45 bits per heavy atom. The van der Waals surface area contributed by atoms with Crippen LogP contribution in [0.3, 0.4) is 0 Å². The van der Waals surface area contributed by atoms with Gasteiger partial charge in [-0.1, -0.05) is 35.3 Å². The minimum atomic E-state index is -3.45. The lowest BCUT2D eigenvalue weighted by molar-refractivity contribution is 0.414. The minimum absolute atomic E-state index is 0.233. The van der Waals surface area contributed by atoms with Crippen LogP contribution in [0.25, 0.3) is 0 Å². The summed E-state index contributed by atoms with van der Waals surface area (Å²) in [6.45, 7) is 1.31. The van der Waals surface area contributed by atoms with E-state index in [9.17, 15) is 8.42 Å². The molecule has 9 heteroatoms. The number of rotatable bonds is 6. The topological polar surface area (TPSA) is 59.5 Å². The van der Waals surface area contributed by atoms with Gasteiger partial charge in [-0.05, 0) is 48.7 Å². The van der Waals surface area contributed by atoms with E-state index in [0.717, 1.165) is 23.0 Å². The largest absolute Gasteiger partial charge is 0.497 e. The fourth-order valence-electron chi connectivity index (χ4n) is 3.68. The second-order valence-corrected chi connectivity index (χ2v) is 11.3. The second-order valence-electron chi connectivity index (χ2n) is 7.45. The maximum atomic E-state index is 13.0. The maximum Gasteiger partial charge on any atom is 0.185 e. The van der Waals surface area contributed by atoms with E-state index in [1.807, 2.05) is 24.3 Å². The van der Waals surface area contributed by atoms with Crippen molar-refractivity contribution in [2.45, 2.75) is 29.4 Å². The lowest BCUT2D eigenvalue weighted by atomic mass is 10.1. The predicted octanol–water partition coefficient (Wildman–Crippen LogP) is 5.49. The van der Waals surface area contributed by atoms with Crippen molar-refractivity contribution in [2.75, 3.05) is 25.1 Å². The normalized spacial score (nSPS) is 15.3. The van der Waals surface area contributed by atoms with Crippen LogP contribution in [0.2, 0.25) is 10.0 Å². The number of hydrogen-bond acceptors (Lipinski definition) is 6. The lowest BCUT2D eigenvalue weighted by Gasteiger charge is -2.31. The van der Waals surface area contributed by atoms with Gasteiger partial charge in [-0.15, -0.1) is 11.3 Å². The quantitative estimate of drug-likeness (QED) is 0.451. The highest BCUT2D eigenvalue weighted by Crippen LogP contribution is 2.32. The average Bonchev–Trinajstić information content (AvgIpc) is 3.24. The zero-order valence-electron chi connectivity index (χ0n) is 16.9. The lowest BCUT2D eigenvalue weighted by Crippen LogP contribution is -2.39. The third kappa shape index (κ3) is 5.00.